The molecule has 38 heavy (non-hydrogen) atoms. The molecule has 4 rings (SSSR count). The van der Waals surface area contributed by atoms with Gasteiger partial charge in [0.1, 0.15) is 17.1 Å². The number of nitrogens with zero attached hydrogens (tertiary/aromatic N) is 2. The molecular weight excluding hydrogens is 527 g/mol. The number of ether oxygens (including phenoxy) is 1. The molecule has 9 nitrogen and oxygen atoms in total. The number of aromatic carboxylic acids is 1. The number of aliphatic imine (C=N–C) groups is 1. The largest absolute Gasteiger partial charge is 0.573 e. The maximum absolute atomic E-state index is 13.0. The Balaban J connectivity index is 1.48. The number of alkyl halides is 3. The Hall–Kier alpha value is -3.71. The fraction of sp³-hybridized carbons (Fsp3) is 0.320. The van der Waals surface area contributed by atoms with Crippen molar-refractivity contribution in [3.63, 3.8) is 0 Å². The van der Waals surface area contributed by atoms with Crippen LogP contribution in [-0.4, -0.2) is 60.5 Å². The van der Waals surface area contributed by atoms with Gasteiger partial charge in [-0.25, -0.2) is 13.2 Å². The molecule has 0 saturated carbocycles. The number of amides is 1. The Morgan fingerprint density at radius 2 is 1.79 bits per heavy atom. The average molecular weight is 552 g/mol. The van der Waals surface area contributed by atoms with Gasteiger partial charge in [-0.05, 0) is 73.7 Å². The minimum absolute atomic E-state index is 0.00398. The van der Waals surface area contributed by atoms with Crippen molar-refractivity contribution in [2.75, 3.05) is 13.1 Å². The summed E-state index contributed by atoms with van der Waals surface area (Å²) in [7, 11) is -3.86. The van der Waals surface area contributed by atoms with Crippen LogP contribution in [0.15, 0.2) is 46.8 Å². The molecule has 0 bridgehead atoms. The van der Waals surface area contributed by atoms with Crippen LogP contribution in [0.25, 0.3) is 6.08 Å². The molecule has 2 N–H and O–H groups in total. The van der Waals surface area contributed by atoms with Crippen molar-refractivity contribution in [2.24, 2.45) is 4.99 Å². The summed E-state index contributed by atoms with van der Waals surface area (Å²) in [6, 6.07) is 8.00. The first-order valence-electron chi connectivity index (χ1n) is 11.5. The average Bonchev–Trinajstić information content (AvgIpc) is 3.13. The third-order valence-corrected chi connectivity index (χ3v) is 8.04. The first kappa shape index (κ1) is 27.3. The molecule has 202 valence electrons. The topological polar surface area (TPSA) is 125 Å². The predicted octanol–water partition coefficient (Wildman–Crippen LogP) is 3.61. The van der Waals surface area contributed by atoms with Gasteiger partial charge in [0.25, 0.3) is 5.91 Å². The Bertz CT molecular complexity index is 1440. The van der Waals surface area contributed by atoms with E-state index < -0.39 is 39.6 Å². The minimum Gasteiger partial charge on any atom is -0.478 e. The van der Waals surface area contributed by atoms with E-state index in [0.29, 0.717) is 16.7 Å². The van der Waals surface area contributed by atoms with E-state index in [2.05, 4.69) is 15.0 Å². The van der Waals surface area contributed by atoms with Crippen molar-refractivity contribution >= 4 is 33.8 Å². The van der Waals surface area contributed by atoms with Gasteiger partial charge in [-0.2, -0.15) is 4.31 Å². The van der Waals surface area contributed by atoms with Crippen molar-refractivity contribution in [1.82, 2.24) is 9.62 Å². The summed E-state index contributed by atoms with van der Waals surface area (Å²) in [6.07, 6.45) is -3.28. The van der Waals surface area contributed by atoms with E-state index in [4.69, 9.17) is 0 Å². The van der Waals surface area contributed by atoms with E-state index in [1.807, 2.05) is 0 Å². The molecule has 2 aliphatic heterocycles. The van der Waals surface area contributed by atoms with Gasteiger partial charge in [0.05, 0.1) is 5.56 Å². The summed E-state index contributed by atoms with van der Waals surface area (Å²) in [6.45, 7) is 3.39. The lowest BCUT2D eigenvalue weighted by atomic mass is 9.89. The number of sulfonamides is 1. The highest BCUT2D eigenvalue weighted by Crippen LogP contribution is 2.33. The number of piperidine rings is 1. The van der Waals surface area contributed by atoms with Gasteiger partial charge in [0, 0.05) is 24.1 Å². The quantitative estimate of drug-likeness (QED) is 0.565. The van der Waals surface area contributed by atoms with E-state index in [-0.39, 0.29) is 42.9 Å². The molecule has 0 atom stereocenters. The van der Waals surface area contributed by atoms with Crippen LogP contribution in [0.1, 0.15) is 45.5 Å². The standard InChI is InChI=1S/C25H24F3N3O6S/c1-15-12-18(22(32)33)13-16(2)20(15)6-11-38(35,36)31-9-7-24(8-10-31)23(34)29-21(30-24)17-4-3-5-19(14-17)37-25(26,27)28/h3-6,11-14H,7-10H2,1-2H3,(H,32,33)(H,29,30,34)/b11-6+. The van der Waals surface area contributed by atoms with Crippen LogP contribution in [0.3, 0.4) is 0 Å². The van der Waals surface area contributed by atoms with Gasteiger partial charge in [-0.15, -0.1) is 13.2 Å². The number of carboxylic acids is 1. The zero-order valence-electron chi connectivity index (χ0n) is 20.4. The van der Waals surface area contributed by atoms with Gasteiger partial charge < -0.3 is 15.2 Å². The lowest BCUT2D eigenvalue weighted by molar-refractivity contribution is -0.274. The fourth-order valence-corrected chi connectivity index (χ4v) is 5.72. The van der Waals surface area contributed by atoms with Crippen molar-refractivity contribution in [2.45, 2.75) is 38.6 Å². The number of rotatable bonds is 6. The number of halogens is 3. The second-order valence-corrected chi connectivity index (χ2v) is 10.9. The number of carbonyl (C=O) groups is 2. The number of amidine groups is 1. The van der Waals surface area contributed by atoms with Crippen LogP contribution in [0.5, 0.6) is 5.75 Å². The van der Waals surface area contributed by atoms with Gasteiger partial charge in [-0.1, -0.05) is 12.1 Å². The van der Waals surface area contributed by atoms with Crippen molar-refractivity contribution in [1.29, 1.82) is 0 Å². The van der Waals surface area contributed by atoms with Crippen molar-refractivity contribution in [3.05, 3.63) is 69.6 Å². The normalized spacial score (nSPS) is 18.0. The summed E-state index contributed by atoms with van der Waals surface area (Å²) in [5.74, 6) is -1.89. The molecule has 1 spiro atoms. The van der Waals surface area contributed by atoms with Crippen LogP contribution in [0.2, 0.25) is 0 Å². The summed E-state index contributed by atoms with van der Waals surface area (Å²) in [5.41, 5.74) is 0.922. The lowest BCUT2D eigenvalue weighted by Crippen LogP contribution is -2.50. The molecule has 2 aromatic rings. The summed E-state index contributed by atoms with van der Waals surface area (Å²) < 4.78 is 68.8. The van der Waals surface area contributed by atoms with E-state index in [9.17, 15) is 36.3 Å². The molecule has 0 aliphatic carbocycles. The molecule has 0 unspecified atom stereocenters. The van der Waals surface area contributed by atoms with Crippen LogP contribution in [0.4, 0.5) is 13.2 Å². The van der Waals surface area contributed by atoms with Crippen LogP contribution in [0, 0.1) is 13.8 Å². The number of hydrogen-bond acceptors (Lipinski definition) is 6. The van der Waals surface area contributed by atoms with Gasteiger partial charge in [0.15, 0.2) is 0 Å². The fourth-order valence-electron chi connectivity index (χ4n) is 4.54. The van der Waals surface area contributed by atoms with E-state index in [1.165, 1.54) is 34.6 Å². The minimum atomic E-state index is -4.87. The Kier molecular flexibility index (Phi) is 7.10. The van der Waals surface area contributed by atoms with Gasteiger partial charge in [0.2, 0.25) is 10.0 Å². The number of aryl methyl sites for hydroxylation is 2. The highest BCUT2D eigenvalue weighted by atomic mass is 32.2. The molecule has 1 amide bonds. The first-order valence-corrected chi connectivity index (χ1v) is 13.0. The molecule has 1 saturated heterocycles. The zero-order valence-corrected chi connectivity index (χ0v) is 21.2. The molecule has 13 heteroatoms. The third kappa shape index (κ3) is 5.73. The Morgan fingerprint density at radius 3 is 2.37 bits per heavy atom. The summed E-state index contributed by atoms with van der Waals surface area (Å²) in [4.78, 5) is 28.5. The van der Waals surface area contributed by atoms with Crippen molar-refractivity contribution in [3.8, 4) is 5.75 Å². The number of nitrogens with one attached hydrogen (secondary N) is 1. The summed E-state index contributed by atoms with van der Waals surface area (Å²) >= 11 is 0. The maximum Gasteiger partial charge on any atom is 0.573 e. The van der Waals surface area contributed by atoms with E-state index >= 15 is 0 Å². The number of benzene rings is 2. The SMILES string of the molecule is Cc1cc(C(=O)O)cc(C)c1/C=C/S(=O)(=O)N1CCC2(CC1)N=C(c1cccc(OC(F)(F)F)c1)NC2=O. The molecule has 2 heterocycles. The smallest absolute Gasteiger partial charge is 0.478 e. The van der Waals surface area contributed by atoms with E-state index in [0.717, 1.165) is 17.5 Å². The van der Waals surface area contributed by atoms with Crippen LogP contribution in [-0.2, 0) is 14.8 Å². The third-order valence-electron chi connectivity index (χ3n) is 6.48. The highest BCUT2D eigenvalue weighted by Gasteiger charge is 2.47. The molecule has 0 aromatic heterocycles. The lowest BCUT2D eigenvalue weighted by Gasteiger charge is -2.34. The molecule has 2 aliphatic rings. The van der Waals surface area contributed by atoms with Crippen LogP contribution >= 0.6 is 0 Å². The maximum atomic E-state index is 13.0. The Labute approximate surface area is 216 Å². The second-order valence-electron chi connectivity index (χ2n) is 9.10. The molecule has 1 fully saturated rings. The highest BCUT2D eigenvalue weighted by molar-refractivity contribution is 7.92. The first-order chi connectivity index (χ1) is 17.7. The van der Waals surface area contributed by atoms with Crippen molar-refractivity contribution < 1.29 is 41.0 Å². The Morgan fingerprint density at radius 1 is 1.16 bits per heavy atom. The monoisotopic (exact) mass is 551 g/mol. The second kappa shape index (κ2) is 9.87. The number of hydrogen-bond donors (Lipinski definition) is 2. The number of carboxylic acid groups (broad SMARTS) is 1. The van der Waals surface area contributed by atoms with E-state index in [1.54, 1.807) is 13.8 Å². The zero-order chi connectivity index (χ0) is 27.9. The molecular formula is C25H24F3N3O6S. The molecule has 0 radical (unpaired) electrons. The predicted molar refractivity (Wildman–Crippen MR) is 132 cm³/mol. The summed E-state index contributed by atoms with van der Waals surface area (Å²) in [5, 5.41) is 12.8. The van der Waals surface area contributed by atoms with Crippen LogP contribution < -0.4 is 10.1 Å². The van der Waals surface area contributed by atoms with Gasteiger partial charge in [-0.3, -0.25) is 9.79 Å². The van der Waals surface area contributed by atoms with Gasteiger partial charge >= 0.3 is 12.3 Å². The number of carbonyl (C=O) groups excluding carboxylic acids is 1. The molecule has 2 aromatic carbocycles.